The molecule has 4 rings (SSSR count). The van der Waals surface area contributed by atoms with Crippen LogP contribution in [-0.4, -0.2) is 36.0 Å². The minimum absolute atomic E-state index is 0.0834. The Morgan fingerprint density at radius 1 is 0.973 bits per heavy atom. The van der Waals surface area contributed by atoms with Gasteiger partial charge in [-0.3, -0.25) is 14.5 Å². The standard InChI is InChI=1S/C29H26ClNO6/c1-3-15-37-29(35)20-11-8-12-21(16-20)31-25(18-9-6-5-7-10-18)24(27(33)28(31)34)26(32)19-13-14-22(30)23(17-19)36-4-2/h5-14,16-17,25,32H,3-4,15H2,1-2H3/b26-24+. The molecule has 0 saturated carbocycles. The Labute approximate surface area is 219 Å². The van der Waals surface area contributed by atoms with Crippen LogP contribution in [0.2, 0.25) is 5.02 Å². The van der Waals surface area contributed by atoms with Crippen molar-refractivity contribution in [2.45, 2.75) is 26.3 Å². The summed E-state index contributed by atoms with van der Waals surface area (Å²) in [5.74, 6) is -2.21. The second-order valence-corrected chi connectivity index (χ2v) is 8.75. The summed E-state index contributed by atoms with van der Waals surface area (Å²) in [5.41, 5.74) is 1.38. The molecule has 1 aliphatic heterocycles. The van der Waals surface area contributed by atoms with Gasteiger partial charge in [-0.05, 0) is 55.3 Å². The van der Waals surface area contributed by atoms with Gasteiger partial charge in [-0.25, -0.2) is 4.79 Å². The van der Waals surface area contributed by atoms with Gasteiger partial charge >= 0.3 is 5.97 Å². The van der Waals surface area contributed by atoms with Gasteiger partial charge in [0.2, 0.25) is 0 Å². The lowest BCUT2D eigenvalue weighted by Crippen LogP contribution is -2.29. The largest absolute Gasteiger partial charge is 0.507 e. The first-order valence-electron chi connectivity index (χ1n) is 11.9. The molecule has 0 aliphatic carbocycles. The molecule has 37 heavy (non-hydrogen) atoms. The fourth-order valence-electron chi connectivity index (χ4n) is 4.18. The molecule has 7 nitrogen and oxygen atoms in total. The molecule has 0 radical (unpaired) electrons. The zero-order valence-electron chi connectivity index (χ0n) is 20.4. The van der Waals surface area contributed by atoms with E-state index in [1.807, 2.05) is 13.0 Å². The first kappa shape index (κ1) is 26.0. The molecule has 0 bridgehead atoms. The molecule has 1 atom stereocenters. The summed E-state index contributed by atoms with van der Waals surface area (Å²) >= 11 is 6.20. The van der Waals surface area contributed by atoms with Crippen molar-refractivity contribution in [3.8, 4) is 5.75 Å². The van der Waals surface area contributed by atoms with Crippen LogP contribution in [0.25, 0.3) is 5.76 Å². The maximum absolute atomic E-state index is 13.4. The van der Waals surface area contributed by atoms with Crippen molar-refractivity contribution in [2.24, 2.45) is 0 Å². The number of carbonyl (C=O) groups is 3. The molecule has 1 saturated heterocycles. The number of esters is 1. The van der Waals surface area contributed by atoms with E-state index in [4.69, 9.17) is 21.1 Å². The van der Waals surface area contributed by atoms with Crippen molar-refractivity contribution >= 4 is 40.7 Å². The number of carbonyl (C=O) groups excluding carboxylic acids is 3. The molecule has 1 N–H and O–H groups in total. The third-order valence-electron chi connectivity index (χ3n) is 5.86. The number of aliphatic hydroxyl groups is 1. The zero-order chi connectivity index (χ0) is 26.5. The average Bonchev–Trinajstić information content (AvgIpc) is 3.19. The highest BCUT2D eigenvalue weighted by atomic mass is 35.5. The fraction of sp³-hybridized carbons (Fsp3) is 0.207. The van der Waals surface area contributed by atoms with Crippen molar-refractivity contribution in [3.63, 3.8) is 0 Å². The van der Waals surface area contributed by atoms with Crippen molar-refractivity contribution in [1.82, 2.24) is 0 Å². The number of Topliss-reactive ketones (excluding diaryl/α,β-unsaturated/α-hetero) is 1. The number of ether oxygens (including phenoxy) is 2. The molecule has 1 heterocycles. The highest BCUT2D eigenvalue weighted by Crippen LogP contribution is 2.43. The molecule has 1 amide bonds. The Bertz CT molecular complexity index is 1370. The third-order valence-corrected chi connectivity index (χ3v) is 6.17. The minimum atomic E-state index is -0.936. The molecule has 3 aromatic carbocycles. The maximum Gasteiger partial charge on any atom is 0.338 e. The fourth-order valence-corrected chi connectivity index (χ4v) is 4.35. The number of ketones is 1. The molecule has 0 spiro atoms. The molecule has 1 unspecified atom stereocenters. The molecule has 1 aliphatic rings. The lowest BCUT2D eigenvalue weighted by atomic mass is 9.95. The Balaban J connectivity index is 1.86. The van der Waals surface area contributed by atoms with Crippen LogP contribution >= 0.6 is 11.6 Å². The number of amides is 1. The molecule has 3 aromatic rings. The first-order valence-corrected chi connectivity index (χ1v) is 12.3. The number of anilines is 1. The van der Waals surface area contributed by atoms with Crippen LogP contribution in [0.15, 0.2) is 78.4 Å². The van der Waals surface area contributed by atoms with Gasteiger partial charge in [-0.1, -0.05) is 54.9 Å². The number of benzene rings is 3. The summed E-state index contributed by atoms with van der Waals surface area (Å²) in [7, 11) is 0. The number of aliphatic hydroxyl groups excluding tert-OH is 1. The summed E-state index contributed by atoms with van der Waals surface area (Å²) in [4.78, 5) is 40.5. The Morgan fingerprint density at radius 2 is 1.73 bits per heavy atom. The van der Waals surface area contributed by atoms with Crippen LogP contribution in [0, 0.1) is 0 Å². The maximum atomic E-state index is 13.4. The Kier molecular flexibility index (Phi) is 7.94. The van der Waals surface area contributed by atoms with Crippen LogP contribution in [0.1, 0.15) is 47.8 Å². The predicted molar refractivity (Wildman–Crippen MR) is 141 cm³/mol. The van der Waals surface area contributed by atoms with E-state index in [0.29, 0.717) is 35.1 Å². The lowest BCUT2D eigenvalue weighted by Gasteiger charge is -2.25. The smallest absolute Gasteiger partial charge is 0.338 e. The average molecular weight is 520 g/mol. The summed E-state index contributed by atoms with van der Waals surface area (Å²) in [6, 6.07) is 19.0. The van der Waals surface area contributed by atoms with E-state index < -0.39 is 23.7 Å². The Morgan fingerprint density at radius 3 is 2.43 bits per heavy atom. The van der Waals surface area contributed by atoms with E-state index >= 15 is 0 Å². The SMILES string of the molecule is CCCOC(=O)c1cccc(N2C(=O)C(=O)/C(=C(/O)c3ccc(Cl)c(OCC)c3)C2c2ccccc2)c1. The molecule has 190 valence electrons. The topological polar surface area (TPSA) is 93.1 Å². The summed E-state index contributed by atoms with van der Waals surface area (Å²) in [6.45, 7) is 4.31. The number of nitrogens with zero attached hydrogens (tertiary/aromatic N) is 1. The van der Waals surface area contributed by atoms with Crippen LogP contribution in [0.4, 0.5) is 5.69 Å². The molecular weight excluding hydrogens is 494 g/mol. The van der Waals surface area contributed by atoms with E-state index in [2.05, 4.69) is 0 Å². The highest BCUT2D eigenvalue weighted by Gasteiger charge is 2.47. The van der Waals surface area contributed by atoms with Crippen LogP contribution < -0.4 is 9.64 Å². The summed E-state index contributed by atoms with van der Waals surface area (Å²) < 4.78 is 10.8. The number of rotatable bonds is 8. The Hall–Kier alpha value is -4.10. The van der Waals surface area contributed by atoms with Gasteiger partial charge in [-0.15, -0.1) is 0 Å². The van der Waals surface area contributed by atoms with Crippen molar-refractivity contribution in [2.75, 3.05) is 18.1 Å². The second-order valence-electron chi connectivity index (χ2n) is 8.34. The monoisotopic (exact) mass is 519 g/mol. The lowest BCUT2D eigenvalue weighted by molar-refractivity contribution is -0.132. The third kappa shape index (κ3) is 5.22. The minimum Gasteiger partial charge on any atom is -0.507 e. The highest BCUT2D eigenvalue weighted by molar-refractivity contribution is 6.51. The molecule has 1 fully saturated rings. The molecule has 0 aromatic heterocycles. The first-order chi connectivity index (χ1) is 17.9. The van der Waals surface area contributed by atoms with Crippen molar-refractivity contribution in [3.05, 3.63) is 100 Å². The van der Waals surface area contributed by atoms with E-state index in [9.17, 15) is 19.5 Å². The van der Waals surface area contributed by atoms with Crippen molar-refractivity contribution in [1.29, 1.82) is 0 Å². The summed E-state index contributed by atoms with van der Waals surface area (Å²) in [5, 5.41) is 11.7. The van der Waals surface area contributed by atoms with Gasteiger partial charge in [0.25, 0.3) is 11.7 Å². The van der Waals surface area contributed by atoms with Gasteiger partial charge in [0.05, 0.1) is 35.4 Å². The van der Waals surface area contributed by atoms with Crippen LogP contribution in [0.5, 0.6) is 5.75 Å². The molecule has 8 heteroatoms. The van der Waals surface area contributed by atoms with Gasteiger partial charge in [0.15, 0.2) is 0 Å². The van der Waals surface area contributed by atoms with Gasteiger partial charge < -0.3 is 14.6 Å². The van der Waals surface area contributed by atoms with E-state index in [-0.39, 0.29) is 29.1 Å². The van der Waals surface area contributed by atoms with Gasteiger partial charge in [0, 0.05) is 11.3 Å². The molecular formula is C29H26ClNO6. The number of hydrogen-bond acceptors (Lipinski definition) is 6. The zero-order valence-corrected chi connectivity index (χ0v) is 21.2. The predicted octanol–water partition coefficient (Wildman–Crippen LogP) is 5.93. The van der Waals surface area contributed by atoms with Crippen LogP contribution in [-0.2, 0) is 14.3 Å². The number of hydrogen-bond donors (Lipinski definition) is 1. The number of halogens is 1. The van der Waals surface area contributed by atoms with Crippen LogP contribution in [0.3, 0.4) is 0 Å². The van der Waals surface area contributed by atoms with E-state index in [0.717, 1.165) is 0 Å². The quantitative estimate of drug-likeness (QED) is 0.171. The van der Waals surface area contributed by atoms with E-state index in [1.54, 1.807) is 61.5 Å². The van der Waals surface area contributed by atoms with Gasteiger partial charge in [0.1, 0.15) is 11.5 Å². The normalized spacial score (nSPS) is 16.6. The van der Waals surface area contributed by atoms with Crippen molar-refractivity contribution < 1.29 is 29.0 Å². The van der Waals surface area contributed by atoms with Gasteiger partial charge in [-0.2, -0.15) is 0 Å². The van der Waals surface area contributed by atoms with E-state index in [1.165, 1.54) is 17.0 Å². The summed E-state index contributed by atoms with van der Waals surface area (Å²) in [6.07, 6.45) is 0.670. The second kappa shape index (κ2) is 11.3.